The first kappa shape index (κ1) is 13.4. The molecule has 19 heavy (non-hydrogen) atoms. The zero-order valence-electron chi connectivity index (χ0n) is 10.4. The van der Waals surface area contributed by atoms with Crippen LogP contribution in [0.15, 0.2) is 70.9 Å². The first-order valence-electron chi connectivity index (χ1n) is 5.93. The van der Waals surface area contributed by atoms with Crippen LogP contribution in [0.2, 0.25) is 0 Å². The van der Waals surface area contributed by atoms with E-state index in [0.717, 1.165) is 11.3 Å². The van der Waals surface area contributed by atoms with Crippen LogP contribution in [-0.4, -0.2) is 11.4 Å². The van der Waals surface area contributed by atoms with Crippen molar-refractivity contribution >= 4 is 23.1 Å². The fraction of sp³-hybridized carbons (Fsp3) is 0.0667. The Balaban J connectivity index is 1.85. The summed E-state index contributed by atoms with van der Waals surface area (Å²) in [6.07, 6.45) is 1.69. The Kier molecular flexibility index (Phi) is 5.19. The second kappa shape index (κ2) is 7.38. The van der Waals surface area contributed by atoms with Crippen molar-refractivity contribution in [1.82, 2.24) is 0 Å². The van der Waals surface area contributed by atoms with E-state index in [-0.39, 0.29) is 0 Å². The largest absolute Gasteiger partial charge is 0.377 e. The van der Waals surface area contributed by atoms with Crippen molar-refractivity contribution in [1.29, 1.82) is 0 Å². The molecule has 0 aliphatic heterocycles. The smallest absolute Gasteiger partial charge is 0.180 e. The third-order valence-corrected chi connectivity index (χ3v) is 3.25. The van der Waals surface area contributed by atoms with Crippen LogP contribution in [-0.2, 0) is 5.75 Å². The number of nitrogens with zero attached hydrogens (tertiary/aromatic N) is 2. The fourth-order valence-corrected chi connectivity index (χ4v) is 2.06. The van der Waals surface area contributed by atoms with Gasteiger partial charge in [-0.3, -0.25) is 0 Å². The van der Waals surface area contributed by atoms with Crippen molar-refractivity contribution in [2.45, 2.75) is 5.75 Å². The molecule has 0 unspecified atom stereocenters. The van der Waals surface area contributed by atoms with Gasteiger partial charge in [-0.1, -0.05) is 72.4 Å². The van der Waals surface area contributed by atoms with Crippen LogP contribution < -0.4 is 5.73 Å². The first-order chi connectivity index (χ1) is 9.34. The van der Waals surface area contributed by atoms with Gasteiger partial charge in [0.15, 0.2) is 5.17 Å². The van der Waals surface area contributed by atoms with Crippen LogP contribution in [0.1, 0.15) is 11.1 Å². The lowest BCUT2D eigenvalue weighted by atomic mass is 10.2. The van der Waals surface area contributed by atoms with E-state index in [4.69, 9.17) is 5.73 Å². The molecular formula is C15H15N3S. The zero-order chi connectivity index (χ0) is 13.3. The monoisotopic (exact) mass is 269 g/mol. The molecule has 96 valence electrons. The minimum atomic E-state index is 0.469. The van der Waals surface area contributed by atoms with E-state index in [1.54, 1.807) is 6.21 Å². The summed E-state index contributed by atoms with van der Waals surface area (Å²) in [6, 6.07) is 19.9. The minimum Gasteiger partial charge on any atom is -0.377 e. The van der Waals surface area contributed by atoms with Crippen LogP contribution in [0, 0.1) is 0 Å². The van der Waals surface area contributed by atoms with Gasteiger partial charge < -0.3 is 5.73 Å². The summed E-state index contributed by atoms with van der Waals surface area (Å²) in [4.78, 5) is 0. The molecule has 0 spiro atoms. The molecule has 2 N–H and O–H groups in total. The van der Waals surface area contributed by atoms with E-state index in [0.29, 0.717) is 5.17 Å². The number of rotatable bonds is 4. The molecule has 0 heterocycles. The molecule has 0 aliphatic carbocycles. The lowest BCUT2D eigenvalue weighted by Crippen LogP contribution is -2.05. The highest BCUT2D eigenvalue weighted by Gasteiger charge is 1.95. The molecule has 0 radical (unpaired) electrons. The number of thioether (sulfide) groups is 1. The zero-order valence-corrected chi connectivity index (χ0v) is 11.3. The lowest BCUT2D eigenvalue weighted by Gasteiger charge is -1.99. The predicted octanol–water partition coefficient (Wildman–Crippen LogP) is 3.27. The molecule has 0 amide bonds. The van der Waals surface area contributed by atoms with E-state index in [1.807, 2.05) is 48.5 Å². The SMILES string of the molecule is NC(=N/N=C\c1ccccc1)SCc1ccccc1. The Morgan fingerprint density at radius 3 is 2.32 bits per heavy atom. The van der Waals surface area contributed by atoms with E-state index < -0.39 is 0 Å². The van der Waals surface area contributed by atoms with Gasteiger partial charge in [0.1, 0.15) is 0 Å². The van der Waals surface area contributed by atoms with Crippen molar-refractivity contribution < 1.29 is 0 Å². The van der Waals surface area contributed by atoms with E-state index in [2.05, 4.69) is 22.3 Å². The number of amidine groups is 1. The van der Waals surface area contributed by atoms with Crippen LogP contribution in [0.3, 0.4) is 0 Å². The van der Waals surface area contributed by atoms with Crippen molar-refractivity contribution in [2.75, 3.05) is 0 Å². The van der Waals surface area contributed by atoms with Crippen molar-refractivity contribution in [3.8, 4) is 0 Å². The molecule has 2 aromatic carbocycles. The average molecular weight is 269 g/mol. The summed E-state index contributed by atoms with van der Waals surface area (Å²) in [5.74, 6) is 0.803. The summed E-state index contributed by atoms with van der Waals surface area (Å²) < 4.78 is 0. The molecule has 0 aromatic heterocycles. The van der Waals surface area contributed by atoms with Crippen molar-refractivity contribution in [2.24, 2.45) is 15.9 Å². The molecule has 0 fully saturated rings. The standard InChI is InChI=1S/C15H15N3S/c16-15(19-12-14-9-5-2-6-10-14)18-17-11-13-7-3-1-4-8-13/h1-11H,12H2,(H2,16,18)/b17-11-. The third-order valence-electron chi connectivity index (χ3n) is 2.39. The summed E-state index contributed by atoms with van der Waals surface area (Å²) in [7, 11) is 0. The molecule has 3 nitrogen and oxygen atoms in total. The lowest BCUT2D eigenvalue weighted by molar-refractivity contribution is 1.25. The molecule has 0 aliphatic rings. The number of hydrogen-bond acceptors (Lipinski definition) is 3. The number of hydrogen-bond donors (Lipinski definition) is 1. The molecule has 0 bridgehead atoms. The van der Waals surface area contributed by atoms with Gasteiger partial charge in [-0.25, -0.2) is 0 Å². The van der Waals surface area contributed by atoms with Gasteiger partial charge in [0.2, 0.25) is 0 Å². The van der Waals surface area contributed by atoms with Gasteiger partial charge in [-0.15, -0.1) is 5.10 Å². The predicted molar refractivity (Wildman–Crippen MR) is 83.4 cm³/mol. The molecule has 0 saturated carbocycles. The second-order valence-electron chi connectivity index (χ2n) is 3.87. The van der Waals surface area contributed by atoms with Gasteiger partial charge in [0, 0.05) is 5.75 Å². The Labute approximate surface area is 117 Å². The second-order valence-corrected chi connectivity index (χ2v) is 4.86. The van der Waals surface area contributed by atoms with E-state index >= 15 is 0 Å². The molecule has 2 aromatic rings. The Bertz CT molecular complexity index is 550. The fourth-order valence-electron chi connectivity index (χ4n) is 1.45. The van der Waals surface area contributed by atoms with Gasteiger partial charge in [0.25, 0.3) is 0 Å². The van der Waals surface area contributed by atoms with Gasteiger partial charge >= 0.3 is 0 Å². The molecule has 0 atom stereocenters. The van der Waals surface area contributed by atoms with E-state index in [1.165, 1.54) is 17.3 Å². The van der Waals surface area contributed by atoms with Crippen LogP contribution in [0.4, 0.5) is 0 Å². The average Bonchev–Trinajstić information content (AvgIpc) is 2.47. The van der Waals surface area contributed by atoms with Crippen LogP contribution in [0.5, 0.6) is 0 Å². The molecular weight excluding hydrogens is 254 g/mol. The summed E-state index contributed by atoms with van der Waals surface area (Å²) in [5.41, 5.74) is 8.01. The third kappa shape index (κ3) is 4.97. The molecule has 4 heteroatoms. The van der Waals surface area contributed by atoms with Crippen molar-refractivity contribution in [3.63, 3.8) is 0 Å². The Morgan fingerprint density at radius 2 is 1.63 bits per heavy atom. The highest BCUT2D eigenvalue weighted by molar-refractivity contribution is 8.13. The summed E-state index contributed by atoms with van der Waals surface area (Å²) in [6.45, 7) is 0. The number of benzene rings is 2. The minimum absolute atomic E-state index is 0.469. The van der Waals surface area contributed by atoms with Gasteiger partial charge in [-0.05, 0) is 11.1 Å². The van der Waals surface area contributed by atoms with Crippen LogP contribution >= 0.6 is 11.8 Å². The summed E-state index contributed by atoms with van der Waals surface area (Å²) >= 11 is 1.48. The quantitative estimate of drug-likeness (QED) is 0.526. The van der Waals surface area contributed by atoms with E-state index in [9.17, 15) is 0 Å². The topological polar surface area (TPSA) is 50.7 Å². The Hall–Kier alpha value is -2.07. The highest BCUT2D eigenvalue weighted by atomic mass is 32.2. The molecule has 0 saturated heterocycles. The summed E-state index contributed by atoms with van der Waals surface area (Å²) in [5, 5.41) is 8.40. The number of nitrogens with two attached hydrogens (primary N) is 1. The normalized spacial score (nSPS) is 11.9. The Morgan fingerprint density at radius 1 is 1.00 bits per heavy atom. The first-order valence-corrected chi connectivity index (χ1v) is 6.91. The van der Waals surface area contributed by atoms with Gasteiger partial charge in [-0.2, -0.15) is 5.10 Å². The van der Waals surface area contributed by atoms with Crippen molar-refractivity contribution in [3.05, 3.63) is 71.8 Å². The highest BCUT2D eigenvalue weighted by Crippen LogP contribution is 2.11. The maximum Gasteiger partial charge on any atom is 0.180 e. The maximum atomic E-state index is 5.78. The maximum absolute atomic E-state index is 5.78. The van der Waals surface area contributed by atoms with Crippen LogP contribution in [0.25, 0.3) is 0 Å². The van der Waals surface area contributed by atoms with Gasteiger partial charge in [0.05, 0.1) is 6.21 Å². The molecule has 2 rings (SSSR count).